The maximum atomic E-state index is 14.3. The van der Waals surface area contributed by atoms with Crippen molar-refractivity contribution in [3.63, 3.8) is 0 Å². The highest BCUT2D eigenvalue weighted by molar-refractivity contribution is 5.50. The largest absolute Gasteiger partial charge is 0.488 e. The molecule has 0 fully saturated rings. The van der Waals surface area contributed by atoms with Crippen molar-refractivity contribution in [1.29, 1.82) is 0 Å². The highest BCUT2D eigenvalue weighted by atomic mass is 19.1. The van der Waals surface area contributed by atoms with Crippen LogP contribution in [0.1, 0.15) is 26.3 Å². The summed E-state index contributed by atoms with van der Waals surface area (Å²) in [6.07, 6.45) is 0. The summed E-state index contributed by atoms with van der Waals surface area (Å²) in [7, 11) is 1.45. The Bertz CT molecular complexity index is 731. The molecular weight excluding hydrogens is 294 g/mol. The van der Waals surface area contributed by atoms with E-state index >= 15 is 0 Å². The molecule has 0 N–H and O–H groups in total. The van der Waals surface area contributed by atoms with Gasteiger partial charge in [0.2, 0.25) is 0 Å². The first-order valence-corrected chi connectivity index (χ1v) is 6.78. The molecule has 0 aliphatic heterocycles. The molecule has 0 saturated carbocycles. The summed E-state index contributed by atoms with van der Waals surface area (Å²) in [5.74, 6) is -0.437. The van der Waals surface area contributed by atoms with Crippen LogP contribution in [0.4, 0.5) is 8.78 Å². The summed E-state index contributed by atoms with van der Waals surface area (Å²) in [4.78, 5) is 12.0. The molecule has 0 saturated heterocycles. The number of tetrazole rings is 1. The molecule has 2 rings (SSSR count). The molecule has 22 heavy (non-hydrogen) atoms. The third kappa shape index (κ3) is 3.00. The van der Waals surface area contributed by atoms with Crippen molar-refractivity contribution in [3.8, 4) is 11.4 Å². The average Bonchev–Trinajstić information content (AvgIpc) is 2.75. The summed E-state index contributed by atoms with van der Waals surface area (Å²) >= 11 is 0. The van der Waals surface area contributed by atoms with E-state index in [1.54, 1.807) is 0 Å². The quantitative estimate of drug-likeness (QED) is 0.863. The molecule has 0 radical (unpaired) electrons. The van der Waals surface area contributed by atoms with Crippen LogP contribution in [0.2, 0.25) is 0 Å². The Morgan fingerprint density at radius 3 is 2.45 bits per heavy atom. The highest BCUT2D eigenvalue weighted by Gasteiger charge is 2.23. The van der Waals surface area contributed by atoms with Gasteiger partial charge < -0.3 is 4.74 Å². The number of hydrogen-bond donors (Lipinski definition) is 0. The summed E-state index contributed by atoms with van der Waals surface area (Å²) in [6, 6.07) is 2.63. The zero-order valence-electron chi connectivity index (χ0n) is 12.9. The Morgan fingerprint density at radius 2 is 1.95 bits per heavy atom. The molecule has 0 amide bonds. The first-order valence-electron chi connectivity index (χ1n) is 6.78. The highest BCUT2D eigenvalue weighted by Crippen LogP contribution is 2.32. The topological polar surface area (TPSA) is 61.9 Å². The average molecular weight is 312 g/mol. The number of aromatic nitrogens is 4. The second kappa shape index (κ2) is 5.86. The Kier molecular flexibility index (Phi) is 4.30. The summed E-state index contributed by atoms with van der Waals surface area (Å²) in [6.45, 7) is 4.57. The van der Waals surface area contributed by atoms with E-state index in [0.29, 0.717) is 5.56 Å². The van der Waals surface area contributed by atoms with Crippen molar-refractivity contribution in [1.82, 2.24) is 19.8 Å². The van der Waals surface area contributed by atoms with Gasteiger partial charge in [0.05, 0.1) is 0 Å². The Labute approximate surface area is 126 Å². The third-order valence-electron chi connectivity index (χ3n) is 3.14. The number of halogens is 2. The van der Waals surface area contributed by atoms with E-state index in [2.05, 4.69) is 10.4 Å². The van der Waals surface area contributed by atoms with Crippen LogP contribution < -0.4 is 10.4 Å². The van der Waals surface area contributed by atoms with Crippen LogP contribution in [0.3, 0.4) is 0 Å². The van der Waals surface area contributed by atoms with Crippen LogP contribution in [-0.4, -0.2) is 33.1 Å². The monoisotopic (exact) mass is 312 g/mol. The number of nitrogens with zero attached hydrogens (tertiary/aromatic N) is 4. The van der Waals surface area contributed by atoms with Gasteiger partial charge in [-0.15, -0.1) is 0 Å². The van der Waals surface area contributed by atoms with E-state index in [1.807, 2.05) is 20.8 Å². The van der Waals surface area contributed by atoms with Crippen LogP contribution in [0.15, 0.2) is 16.9 Å². The molecule has 0 aliphatic carbocycles. The fraction of sp³-hybridized carbons (Fsp3) is 0.500. The predicted octanol–water partition coefficient (Wildman–Crippen LogP) is 1.75. The number of aryl methyl sites for hydroxylation is 1. The lowest BCUT2D eigenvalue weighted by Gasteiger charge is -2.22. The van der Waals surface area contributed by atoms with E-state index in [1.165, 1.54) is 13.1 Å². The second-order valence-electron chi connectivity index (χ2n) is 5.88. The predicted molar refractivity (Wildman–Crippen MR) is 76.7 cm³/mol. The molecule has 1 aromatic heterocycles. The van der Waals surface area contributed by atoms with Gasteiger partial charge in [0, 0.05) is 13.1 Å². The minimum Gasteiger partial charge on any atom is -0.488 e. The van der Waals surface area contributed by atoms with Crippen molar-refractivity contribution in [3.05, 3.63) is 34.0 Å². The molecule has 6 nitrogen and oxygen atoms in total. The minimum atomic E-state index is -0.725. The Hall–Kier alpha value is -2.25. The first kappa shape index (κ1) is 16.1. The van der Waals surface area contributed by atoms with Crippen LogP contribution in [0.5, 0.6) is 5.75 Å². The minimum absolute atomic E-state index is 0.0470. The van der Waals surface area contributed by atoms with Gasteiger partial charge in [-0.3, -0.25) is 0 Å². The van der Waals surface area contributed by atoms with Crippen molar-refractivity contribution < 1.29 is 13.5 Å². The third-order valence-corrected chi connectivity index (χ3v) is 3.14. The zero-order chi connectivity index (χ0) is 16.5. The number of rotatable bonds is 4. The lowest BCUT2D eigenvalue weighted by atomic mass is 9.86. The van der Waals surface area contributed by atoms with Gasteiger partial charge in [0.25, 0.3) is 0 Å². The van der Waals surface area contributed by atoms with E-state index < -0.39 is 23.6 Å². The van der Waals surface area contributed by atoms with Crippen LogP contribution in [-0.2, 0) is 12.5 Å². The summed E-state index contributed by atoms with van der Waals surface area (Å²) < 4.78 is 33.9. The lowest BCUT2D eigenvalue weighted by molar-refractivity contribution is 0.270. The van der Waals surface area contributed by atoms with E-state index in [4.69, 9.17) is 4.74 Å². The molecule has 0 atom stereocenters. The first-order chi connectivity index (χ1) is 10.3. The number of alkyl halides is 1. The second-order valence-corrected chi connectivity index (χ2v) is 5.88. The van der Waals surface area contributed by atoms with E-state index in [-0.39, 0.29) is 18.0 Å². The van der Waals surface area contributed by atoms with Gasteiger partial charge in [0.15, 0.2) is 0 Å². The molecule has 2 aromatic rings. The number of hydrogen-bond acceptors (Lipinski definition) is 4. The smallest absolute Gasteiger partial charge is 0.368 e. The molecule has 0 bridgehead atoms. The van der Waals surface area contributed by atoms with Gasteiger partial charge in [-0.25, -0.2) is 13.6 Å². The molecule has 0 unspecified atom stereocenters. The summed E-state index contributed by atoms with van der Waals surface area (Å²) in [5.41, 5.74) is -0.356. The standard InChI is InChI=1S/C14H18F2N4O2/c1-14(2,3)9-7-11(20-13(21)19(4)17-18-20)12(8-10(9)16)22-6-5-15/h7-8H,5-6H2,1-4H3. The van der Waals surface area contributed by atoms with E-state index in [0.717, 1.165) is 15.4 Å². The fourth-order valence-corrected chi connectivity index (χ4v) is 2.01. The number of benzene rings is 1. The maximum Gasteiger partial charge on any atom is 0.368 e. The van der Waals surface area contributed by atoms with Gasteiger partial charge in [0.1, 0.15) is 30.5 Å². The van der Waals surface area contributed by atoms with Crippen LogP contribution in [0, 0.1) is 5.82 Å². The number of ether oxygens (including phenoxy) is 1. The molecule has 1 aromatic carbocycles. The van der Waals surface area contributed by atoms with Crippen LogP contribution >= 0.6 is 0 Å². The van der Waals surface area contributed by atoms with Crippen molar-refractivity contribution in [2.24, 2.45) is 7.05 Å². The van der Waals surface area contributed by atoms with Crippen LogP contribution in [0.25, 0.3) is 5.69 Å². The molecule has 8 heteroatoms. The maximum absolute atomic E-state index is 14.3. The van der Waals surface area contributed by atoms with Crippen molar-refractivity contribution in [2.75, 3.05) is 13.3 Å². The van der Waals surface area contributed by atoms with Gasteiger partial charge in [-0.1, -0.05) is 20.8 Å². The van der Waals surface area contributed by atoms with Crippen molar-refractivity contribution >= 4 is 0 Å². The van der Waals surface area contributed by atoms with Gasteiger partial charge >= 0.3 is 5.69 Å². The van der Waals surface area contributed by atoms with Gasteiger partial charge in [-0.05, 0) is 27.5 Å². The SMILES string of the molecule is Cn1nnn(-c2cc(C(C)(C)C)c(F)cc2OCCF)c1=O. The molecular formula is C14H18F2N4O2. The fourth-order valence-electron chi connectivity index (χ4n) is 2.01. The van der Waals surface area contributed by atoms with Gasteiger partial charge in [-0.2, -0.15) is 9.36 Å². The lowest BCUT2D eigenvalue weighted by Crippen LogP contribution is -2.24. The molecule has 0 aliphatic rings. The Balaban J connectivity index is 2.67. The van der Waals surface area contributed by atoms with E-state index in [9.17, 15) is 13.6 Å². The van der Waals surface area contributed by atoms with Crippen molar-refractivity contribution in [2.45, 2.75) is 26.2 Å². The summed E-state index contributed by atoms with van der Waals surface area (Å²) in [5, 5.41) is 7.35. The zero-order valence-corrected chi connectivity index (χ0v) is 12.9. The molecule has 1 heterocycles. The molecule has 0 spiro atoms. The Morgan fingerprint density at radius 1 is 1.27 bits per heavy atom. The molecule has 120 valence electrons. The normalized spacial score (nSPS) is 11.7.